The molecule has 9 atom stereocenters. The van der Waals surface area contributed by atoms with Crippen LogP contribution in [-0.2, 0) is 69.9 Å². The molecule has 0 aliphatic carbocycles. The number of primary amides is 1. The van der Waals surface area contributed by atoms with Crippen molar-refractivity contribution in [2.45, 2.75) is 151 Å². The number of carboxylic acid groups (broad SMARTS) is 1. The fourth-order valence-electron chi connectivity index (χ4n) is 9.08. The number of para-hydroxylation sites is 1. The summed E-state index contributed by atoms with van der Waals surface area (Å²) in [5, 5.41) is 52.0. The number of fused-ring (bicyclic) bond motifs is 2. The molecular weight excluding hydrogens is 1120 g/mol. The minimum absolute atomic E-state index is 0.0607. The predicted molar refractivity (Wildman–Crippen MR) is 305 cm³/mol. The number of aliphatic hydroxyl groups is 2. The van der Waals surface area contributed by atoms with Gasteiger partial charge in [-0.3, -0.25) is 58.1 Å². The van der Waals surface area contributed by atoms with Crippen LogP contribution in [0.3, 0.4) is 0 Å². The van der Waals surface area contributed by atoms with E-state index < -0.39 is 150 Å². The second-order valence-electron chi connectivity index (χ2n) is 21.1. The van der Waals surface area contributed by atoms with E-state index in [0.717, 1.165) is 30.7 Å². The van der Waals surface area contributed by atoms with Gasteiger partial charge in [0, 0.05) is 46.6 Å². The van der Waals surface area contributed by atoms with Crippen LogP contribution in [0.4, 0.5) is 0 Å². The molecule has 0 bridgehead atoms. The Bertz CT molecular complexity index is 2830. The van der Waals surface area contributed by atoms with Crippen molar-refractivity contribution in [3.63, 3.8) is 0 Å². The number of carbonyl (C=O) groups is 11. The molecule has 0 fully saturated rings. The molecule has 84 heavy (non-hydrogen) atoms. The number of hydrogen-bond acceptors (Lipinski definition) is 19. The van der Waals surface area contributed by atoms with Gasteiger partial charge in [0.2, 0.25) is 47.3 Å². The van der Waals surface area contributed by atoms with Gasteiger partial charge in [-0.1, -0.05) is 50.2 Å². The summed E-state index contributed by atoms with van der Waals surface area (Å²) in [5.74, 6) is -12.2. The van der Waals surface area contributed by atoms with Crippen molar-refractivity contribution >= 4 is 87.8 Å². The van der Waals surface area contributed by atoms with Crippen molar-refractivity contribution in [2.75, 3.05) is 27.3 Å². The minimum atomic E-state index is -2.00. The average molecular weight is 1200 g/mol. The molecule has 2 heterocycles. The molecule has 0 saturated carbocycles. The maximum atomic E-state index is 15.3. The third-order valence-electron chi connectivity index (χ3n) is 13.7. The predicted octanol–water partition coefficient (Wildman–Crippen LogP) is -2.90. The fraction of sp³-hybridized carbons (Fsp3) is 0.537. The Hall–Kier alpha value is -7.74. The molecule has 4 rings (SSSR count). The number of thioether (sulfide) groups is 1. The van der Waals surface area contributed by atoms with Crippen molar-refractivity contribution in [2.24, 2.45) is 23.1 Å². The van der Waals surface area contributed by atoms with E-state index in [1.807, 2.05) is 0 Å². The molecule has 30 heteroatoms. The molecule has 0 saturated heterocycles. The molecule has 1 aromatic heterocycles. The summed E-state index contributed by atoms with van der Waals surface area (Å²) in [5.41, 5.74) is 18.7. The number of carboxylic acids is 1. The number of nitrogens with two attached hydrogens (primary N) is 3. The number of aliphatic hydroxyl groups excluding tert-OH is 2. The lowest BCUT2D eigenvalue weighted by atomic mass is 9.97. The van der Waals surface area contributed by atoms with E-state index in [9.17, 15) is 63.3 Å². The van der Waals surface area contributed by atoms with Crippen molar-refractivity contribution in [1.29, 1.82) is 0 Å². The molecule has 18 N–H and O–H groups in total. The highest BCUT2D eigenvalue weighted by Crippen LogP contribution is 2.34. The van der Waals surface area contributed by atoms with E-state index in [1.165, 1.54) is 13.1 Å². The van der Waals surface area contributed by atoms with Crippen molar-refractivity contribution < 1.29 is 77.8 Å². The molecule has 2 aromatic carbocycles. The van der Waals surface area contributed by atoms with Crippen LogP contribution in [0.2, 0.25) is 0 Å². The van der Waals surface area contributed by atoms with Gasteiger partial charge in [-0.25, -0.2) is 4.79 Å². The second-order valence-corrected chi connectivity index (χ2v) is 22.7. The molecule has 1 unspecified atom stereocenters. The number of aliphatic carboxylic acids is 1. The van der Waals surface area contributed by atoms with Crippen LogP contribution in [0, 0.1) is 5.92 Å². The molecule has 3 aromatic rings. The summed E-state index contributed by atoms with van der Waals surface area (Å²) in [6.07, 6.45) is -3.16. The molecule has 0 radical (unpaired) electrons. The number of carbonyl (C=O) groups excluding carboxylic acids is 10. The zero-order valence-corrected chi connectivity index (χ0v) is 48.7. The number of nitrogens with one attached hydrogen (secondary N) is 9. The summed E-state index contributed by atoms with van der Waals surface area (Å²) >= 11 is 1.08. The number of nitrogens with zero attached hydrogens (tertiary/aromatic N) is 1. The maximum absolute atomic E-state index is 15.3. The average Bonchev–Trinajstić information content (AvgIpc) is 4.05. The summed E-state index contributed by atoms with van der Waals surface area (Å²) in [4.78, 5) is 166. The van der Waals surface area contributed by atoms with E-state index in [1.54, 1.807) is 76.4 Å². The Morgan fingerprint density at radius 1 is 0.833 bits per heavy atom. The quantitative estimate of drug-likeness (QED) is 0.0208. The van der Waals surface area contributed by atoms with Gasteiger partial charge >= 0.3 is 11.9 Å². The van der Waals surface area contributed by atoms with Gasteiger partial charge in [-0.2, -0.15) is 4.89 Å². The first-order valence-corrected chi connectivity index (χ1v) is 28.0. The number of rotatable bonds is 22. The first-order valence-electron chi connectivity index (χ1n) is 27.0. The van der Waals surface area contributed by atoms with Gasteiger partial charge < -0.3 is 79.6 Å². The first-order chi connectivity index (χ1) is 39.6. The summed E-state index contributed by atoms with van der Waals surface area (Å²) < 4.78 is -1.45. The number of aromatic amines is 1. The van der Waals surface area contributed by atoms with Crippen LogP contribution in [0.15, 0.2) is 54.7 Å². The summed E-state index contributed by atoms with van der Waals surface area (Å²) in [6, 6.07) is 0.0677. The monoisotopic (exact) mass is 1200 g/mol. The number of benzene rings is 2. The first kappa shape index (κ1) is 68.8. The van der Waals surface area contributed by atoms with Crippen molar-refractivity contribution in [1.82, 2.24) is 52.4 Å². The Morgan fingerprint density at radius 2 is 1.46 bits per heavy atom. The van der Waals surface area contributed by atoms with Gasteiger partial charge in [0.25, 0.3) is 5.91 Å². The molecule has 29 nitrogen and oxygen atoms in total. The highest BCUT2D eigenvalue weighted by Gasteiger charge is 2.42. The Morgan fingerprint density at radius 3 is 2.10 bits per heavy atom. The van der Waals surface area contributed by atoms with Gasteiger partial charge in [0.15, 0.2) is 0 Å². The van der Waals surface area contributed by atoms with E-state index >= 15 is 4.79 Å². The van der Waals surface area contributed by atoms with Gasteiger partial charge in [-0.05, 0) is 82.2 Å². The molecule has 9 amide bonds. The van der Waals surface area contributed by atoms with Crippen molar-refractivity contribution in [3.8, 4) is 0 Å². The molecule has 462 valence electrons. The molecular formula is C54H79N13O16S. The summed E-state index contributed by atoms with van der Waals surface area (Å²) in [7, 11) is 2.42. The topological polar surface area (TPSA) is 460 Å². The Labute approximate surface area is 489 Å². The highest BCUT2D eigenvalue weighted by atomic mass is 32.2. The normalized spacial score (nSPS) is 21.6. The molecule has 0 spiro atoms. The van der Waals surface area contributed by atoms with Crippen LogP contribution in [0.25, 0.3) is 10.9 Å². The fourth-order valence-corrected chi connectivity index (χ4v) is 10.2. The standard InChI is InChI=1S/C54H79N13O16S/c1-27(2)21-35-47(76)66-43(51(80)63-36(22-30-24-59-33-16-11-10-14-31(30)33)45(74)60-34(44(55)73)18-19-41(72)83-82-7)54(4,5)84-26-29-13-8-9-15-32(29)52(81)67(6)39(17-12-20-58-53(56)57)49(78)64-38(25-68)48(77)61-37(23-40(70)71)46(75)65-42(28(3)69)50(79)62-35/h8-11,13-16,24,27-28,34-39,42-43,53,58-59,68-69H,12,17-23,25-26,56-57H2,1-7H3,(H2,55,73)(H,60,74)(H,61,77)(H,62,79)(H,63,80)(H,64,78)(H,65,75)(H,66,76)(H,70,71)/t28-,34-,35+,36+,37+,38+,39+,42+,43?/m1/s1. The van der Waals surface area contributed by atoms with E-state index in [-0.39, 0.29) is 55.9 Å². The number of hydrogen-bond donors (Lipinski definition) is 15. The SMILES string of the molecule is COOC(=O)CC[C@@H](NC(=O)[C@H](Cc1c[nH]c2ccccc12)NC(=O)C1NC(=O)[C@H](CC(C)C)NC(=O)[C@H]([C@@H](C)O)NC(=O)[C@H](CC(=O)O)NC(=O)[C@H](CO)NC(=O)[C@H](CCCNC(N)N)N(C)C(=O)c2ccccc2CSC1(C)C)C(N)=O. The highest BCUT2D eigenvalue weighted by molar-refractivity contribution is 7.99. The van der Waals surface area contributed by atoms with E-state index in [2.05, 4.69) is 57.3 Å². The van der Waals surface area contributed by atoms with Crippen LogP contribution in [0.5, 0.6) is 0 Å². The Kier molecular flexibility index (Phi) is 26.5. The van der Waals surface area contributed by atoms with Crippen LogP contribution < -0.4 is 59.7 Å². The third kappa shape index (κ3) is 20.3. The number of likely N-dealkylation sites (N-methyl/N-ethyl adjacent to an activating group) is 1. The maximum Gasteiger partial charge on any atom is 0.342 e. The van der Waals surface area contributed by atoms with E-state index in [4.69, 9.17) is 17.2 Å². The number of amides is 9. The lowest BCUT2D eigenvalue weighted by Gasteiger charge is -2.36. The number of H-pyrrole nitrogens is 1. The van der Waals surface area contributed by atoms with Gasteiger partial charge in [0.1, 0.15) is 54.6 Å². The Balaban J connectivity index is 1.91. The second kappa shape index (κ2) is 32.4. The zero-order valence-electron chi connectivity index (χ0n) is 47.9. The zero-order chi connectivity index (χ0) is 62.6. The summed E-state index contributed by atoms with van der Waals surface area (Å²) in [6.45, 7) is 6.79. The molecule has 1 aliphatic heterocycles. The largest absolute Gasteiger partial charge is 0.481 e. The third-order valence-corrected chi connectivity index (χ3v) is 15.1. The van der Waals surface area contributed by atoms with Crippen LogP contribution >= 0.6 is 11.8 Å². The number of aromatic nitrogens is 1. The van der Waals surface area contributed by atoms with E-state index in [0.29, 0.717) is 22.0 Å². The van der Waals surface area contributed by atoms with Gasteiger partial charge in [-0.15, -0.1) is 11.8 Å². The lowest BCUT2D eigenvalue weighted by Crippen LogP contribution is -2.64. The smallest absolute Gasteiger partial charge is 0.342 e. The van der Waals surface area contributed by atoms with Gasteiger partial charge in [0.05, 0.1) is 32.7 Å². The van der Waals surface area contributed by atoms with Crippen molar-refractivity contribution in [3.05, 3.63) is 71.4 Å². The lowest BCUT2D eigenvalue weighted by molar-refractivity contribution is -0.255. The minimum Gasteiger partial charge on any atom is -0.481 e. The molecule has 1 aliphatic rings. The van der Waals surface area contributed by atoms with Crippen LogP contribution in [0.1, 0.15) is 94.6 Å². The van der Waals surface area contributed by atoms with Crippen LogP contribution in [-0.4, -0.2) is 183 Å².